The van der Waals surface area contributed by atoms with E-state index in [1.165, 1.54) is 18.4 Å². The molecule has 3 nitrogen and oxygen atoms in total. The predicted octanol–water partition coefficient (Wildman–Crippen LogP) is 2.31. The molecule has 3 heteroatoms. The van der Waals surface area contributed by atoms with Crippen molar-refractivity contribution in [1.82, 2.24) is 5.32 Å². The van der Waals surface area contributed by atoms with E-state index in [-0.39, 0.29) is 6.10 Å². The largest absolute Gasteiger partial charge is 0.472 e. The van der Waals surface area contributed by atoms with Crippen molar-refractivity contribution in [2.24, 2.45) is 5.92 Å². The molecule has 1 aliphatic carbocycles. The summed E-state index contributed by atoms with van der Waals surface area (Å²) in [6.45, 7) is 1.90. The van der Waals surface area contributed by atoms with Crippen LogP contribution in [0.2, 0.25) is 0 Å². The van der Waals surface area contributed by atoms with Crippen LogP contribution in [-0.4, -0.2) is 17.8 Å². The maximum atomic E-state index is 9.66. The van der Waals surface area contributed by atoms with E-state index in [0.717, 1.165) is 32.4 Å². The lowest BCUT2D eigenvalue weighted by atomic mass is 10.00. The van der Waals surface area contributed by atoms with Gasteiger partial charge in [0.2, 0.25) is 0 Å². The number of furan rings is 1. The molecule has 0 saturated heterocycles. The zero-order valence-corrected chi connectivity index (χ0v) is 9.69. The van der Waals surface area contributed by atoms with E-state index in [2.05, 4.69) is 5.32 Å². The molecular formula is C13H21NO2. The van der Waals surface area contributed by atoms with E-state index in [1.807, 2.05) is 6.07 Å². The van der Waals surface area contributed by atoms with Crippen molar-refractivity contribution in [2.45, 2.75) is 44.8 Å². The van der Waals surface area contributed by atoms with Gasteiger partial charge in [0.15, 0.2) is 0 Å². The average molecular weight is 223 g/mol. The number of hydrogen-bond acceptors (Lipinski definition) is 3. The molecule has 1 saturated carbocycles. The maximum Gasteiger partial charge on any atom is 0.0947 e. The molecule has 1 fully saturated rings. The minimum absolute atomic E-state index is 0.0335. The van der Waals surface area contributed by atoms with E-state index in [0.29, 0.717) is 5.92 Å². The monoisotopic (exact) mass is 223 g/mol. The lowest BCUT2D eigenvalue weighted by molar-refractivity contribution is 0.127. The molecule has 2 atom stereocenters. The summed E-state index contributed by atoms with van der Waals surface area (Å²) in [4.78, 5) is 0. The van der Waals surface area contributed by atoms with Crippen molar-refractivity contribution < 1.29 is 9.52 Å². The fourth-order valence-corrected chi connectivity index (χ4v) is 2.47. The average Bonchev–Trinajstić information content (AvgIpc) is 2.90. The van der Waals surface area contributed by atoms with Crippen LogP contribution >= 0.6 is 0 Å². The van der Waals surface area contributed by atoms with Gasteiger partial charge < -0.3 is 14.8 Å². The summed E-state index contributed by atoms with van der Waals surface area (Å²) in [5.74, 6) is 0.552. The van der Waals surface area contributed by atoms with Crippen LogP contribution in [0.5, 0.6) is 0 Å². The molecule has 0 aliphatic heterocycles. The Hall–Kier alpha value is -0.800. The highest BCUT2D eigenvalue weighted by atomic mass is 16.3. The predicted molar refractivity (Wildman–Crippen MR) is 63.0 cm³/mol. The lowest BCUT2D eigenvalue weighted by Gasteiger charge is -2.13. The number of aliphatic hydroxyl groups excluding tert-OH is 1. The summed E-state index contributed by atoms with van der Waals surface area (Å²) < 4.78 is 4.99. The second kappa shape index (κ2) is 6.06. The topological polar surface area (TPSA) is 45.4 Å². The molecule has 0 spiro atoms. The van der Waals surface area contributed by atoms with Crippen molar-refractivity contribution >= 4 is 0 Å². The van der Waals surface area contributed by atoms with Crippen LogP contribution in [0.4, 0.5) is 0 Å². The standard InChI is InChI=1S/C13H21NO2/c15-13-5-1-3-12(13)4-2-7-14-9-11-6-8-16-10-11/h6,8,10,12-15H,1-5,7,9H2. The molecule has 0 amide bonds. The quantitative estimate of drug-likeness (QED) is 0.727. The molecule has 90 valence electrons. The minimum Gasteiger partial charge on any atom is -0.472 e. The Labute approximate surface area is 96.8 Å². The third kappa shape index (κ3) is 3.35. The van der Waals surface area contributed by atoms with Gasteiger partial charge in [-0.3, -0.25) is 0 Å². The van der Waals surface area contributed by atoms with Gasteiger partial charge in [-0.15, -0.1) is 0 Å². The van der Waals surface area contributed by atoms with Crippen LogP contribution in [-0.2, 0) is 6.54 Å². The van der Waals surface area contributed by atoms with Gasteiger partial charge in [0.1, 0.15) is 0 Å². The molecule has 1 aromatic rings. The van der Waals surface area contributed by atoms with E-state index in [4.69, 9.17) is 4.42 Å². The highest BCUT2D eigenvalue weighted by Gasteiger charge is 2.24. The minimum atomic E-state index is -0.0335. The highest BCUT2D eigenvalue weighted by Crippen LogP contribution is 2.28. The highest BCUT2D eigenvalue weighted by molar-refractivity contribution is 5.04. The van der Waals surface area contributed by atoms with E-state index >= 15 is 0 Å². The Morgan fingerprint density at radius 3 is 3.06 bits per heavy atom. The summed E-state index contributed by atoms with van der Waals surface area (Å²) in [7, 11) is 0. The molecule has 1 heterocycles. The van der Waals surface area contributed by atoms with Gasteiger partial charge in [0.25, 0.3) is 0 Å². The normalized spacial score (nSPS) is 25.1. The Bertz CT molecular complexity index is 284. The van der Waals surface area contributed by atoms with Gasteiger partial charge in [-0.2, -0.15) is 0 Å². The third-order valence-electron chi connectivity index (χ3n) is 3.46. The van der Waals surface area contributed by atoms with Gasteiger partial charge in [-0.25, -0.2) is 0 Å². The fraction of sp³-hybridized carbons (Fsp3) is 0.692. The molecule has 2 unspecified atom stereocenters. The summed E-state index contributed by atoms with van der Waals surface area (Å²) in [6.07, 6.45) is 9.16. The molecular weight excluding hydrogens is 202 g/mol. The van der Waals surface area contributed by atoms with Gasteiger partial charge in [0.05, 0.1) is 18.6 Å². The van der Waals surface area contributed by atoms with Crippen LogP contribution in [0.15, 0.2) is 23.0 Å². The van der Waals surface area contributed by atoms with Crippen LogP contribution < -0.4 is 5.32 Å². The van der Waals surface area contributed by atoms with E-state index < -0.39 is 0 Å². The smallest absolute Gasteiger partial charge is 0.0947 e. The molecule has 0 aromatic carbocycles. The Kier molecular flexibility index (Phi) is 4.43. The van der Waals surface area contributed by atoms with Crippen molar-refractivity contribution in [3.8, 4) is 0 Å². The first-order valence-electron chi connectivity index (χ1n) is 6.26. The Morgan fingerprint density at radius 1 is 1.44 bits per heavy atom. The van der Waals surface area contributed by atoms with E-state index in [1.54, 1.807) is 12.5 Å². The first kappa shape index (κ1) is 11.7. The summed E-state index contributed by atoms with van der Waals surface area (Å²) >= 11 is 0. The summed E-state index contributed by atoms with van der Waals surface area (Å²) in [5, 5.41) is 13.0. The van der Waals surface area contributed by atoms with Crippen LogP contribution in [0, 0.1) is 5.92 Å². The zero-order valence-electron chi connectivity index (χ0n) is 9.69. The molecule has 2 N–H and O–H groups in total. The summed E-state index contributed by atoms with van der Waals surface area (Å²) in [5.41, 5.74) is 1.20. The first-order chi connectivity index (χ1) is 7.86. The number of nitrogens with one attached hydrogen (secondary N) is 1. The Balaban J connectivity index is 1.52. The third-order valence-corrected chi connectivity index (χ3v) is 3.46. The second-order valence-corrected chi connectivity index (χ2v) is 4.71. The van der Waals surface area contributed by atoms with Crippen LogP contribution in [0.3, 0.4) is 0 Å². The van der Waals surface area contributed by atoms with Crippen LogP contribution in [0.25, 0.3) is 0 Å². The number of aliphatic hydroxyl groups is 1. The Morgan fingerprint density at radius 2 is 2.38 bits per heavy atom. The fourth-order valence-electron chi connectivity index (χ4n) is 2.47. The van der Waals surface area contributed by atoms with Gasteiger partial charge in [-0.05, 0) is 44.2 Å². The molecule has 1 aromatic heterocycles. The molecule has 16 heavy (non-hydrogen) atoms. The van der Waals surface area contributed by atoms with Crippen molar-refractivity contribution in [3.05, 3.63) is 24.2 Å². The number of rotatable bonds is 6. The number of hydrogen-bond donors (Lipinski definition) is 2. The maximum absolute atomic E-state index is 9.66. The zero-order chi connectivity index (χ0) is 11.2. The van der Waals surface area contributed by atoms with Crippen LogP contribution in [0.1, 0.15) is 37.7 Å². The lowest BCUT2D eigenvalue weighted by Crippen LogP contribution is -2.18. The van der Waals surface area contributed by atoms with Crippen molar-refractivity contribution in [2.75, 3.05) is 6.54 Å². The SMILES string of the molecule is OC1CCCC1CCCNCc1ccoc1. The van der Waals surface area contributed by atoms with Crippen molar-refractivity contribution in [1.29, 1.82) is 0 Å². The molecule has 2 rings (SSSR count). The molecule has 0 radical (unpaired) electrons. The van der Waals surface area contributed by atoms with Crippen molar-refractivity contribution in [3.63, 3.8) is 0 Å². The molecule has 0 bridgehead atoms. The van der Waals surface area contributed by atoms with E-state index in [9.17, 15) is 5.11 Å². The van der Waals surface area contributed by atoms with Gasteiger partial charge >= 0.3 is 0 Å². The second-order valence-electron chi connectivity index (χ2n) is 4.71. The van der Waals surface area contributed by atoms with Gasteiger partial charge in [-0.1, -0.05) is 6.42 Å². The molecule has 1 aliphatic rings. The first-order valence-corrected chi connectivity index (χ1v) is 6.26. The van der Waals surface area contributed by atoms with Gasteiger partial charge in [0, 0.05) is 12.1 Å². The summed E-state index contributed by atoms with van der Waals surface area (Å²) in [6, 6.07) is 1.98.